The summed E-state index contributed by atoms with van der Waals surface area (Å²) in [5, 5.41) is 9.28. The second-order valence-electron chi connectivity index (χ2n) is 4.37. The maximum Gasteiger partial charge on any atom is 0.416 e. The van der Waals surface area contributed by atoms with E-state index in [1.165, 1.54) is 24.3 Å². The van der Waals surface area contributed by atoms with Gasteiger partial charge in [-0.25, -0.2) is 0 Å². The van der Waals surface area contributed by atoms with Crippen LogP contribution in [-0.4, -0.2) is 10.9 Å². The fourth-order valence-corrected chi connectivity index (χ4v) is 1.72. The molecule has 1 N–H and O–H groups in total. The van der Waals surface area contributed by atoms with Crippen LogP contribution in [0.25, 0.3) is 6.08 Å². The summed E-state index contributed by atoms with van der Waals surface area (Å²) in [6.07, 6.45) is -1.68. The summed E-state index contributed by atoms with van der Waals surface area (Å²) in [6.45, 7) is 0. The van der Waals surface area contributed by atoms with E-state index in [2.05, 4.69) is 0 Å². The van der Waals surface area contributed by atoms with Crippen molar-refractivity contribution in [2.45, 2.75) is 6.18 Å². The van der Waals surface area contributed by atoms with Crippen LogP contribution in [0.1, 0.15) is 21.5 Å². The van der Waals surface area contributed by atoms with Gasteiger partial charge in [0.1, 0.15) is 5.75 Å². The number of carbonyl (C=O) groups is 1. The zero-order valence-corrected chi connectivity index (χ0v) is 10.8. The molecule has 0 aliphatic carbocycles. The average molecular weight is 292 g/mol. The first kappa shape index (κ1) is 14.8. The molecule has 0 spiro atoms. The predicted octanol–water partition coefficient (Wildman–Crippen LogP) is 4.31. The van der Waals surface area contributed by atoms with E-state index in [0.29, 0.717) is 5.56 Å². The van der Waals surface area contributed by atoms with Gasteiger partial charge in [0.05, 0.1) is 5.56 Å². The fraction of sp³-hybridized carbons (Fsp3) is 0.0625. The third-order valence-electron chi connectivity index (χ3n) is 2.79. The van der Waals surface area contributed by atoms with Gasteiger partial charge in [-0.05, 0) is 35.9 Å². The Morgan fingerprint density at radius 2 is 1.71 bits per heavy atom. The van der Waals surface area contributed by atoms with E-state index in [1.54, 1.807) is 12.1 Å². The number of alkyl halides is 3. The van der Waals surface area contributed by atoms with Gasteiger partial charge in [0.15, 0.2) is 5.78 Å². The van der Waals surface area contributed by atoms with Crippen molar-refractivity contribution in [1.82, 2.24) is 0 Å². The summed E-state index contributed by atoms with van der Waals surface area (Å²) in [7, 11) is 0. The lowest BCUT2D eigenvalue weighted by Gasteiger charge is -2.06. The number of benzene rings is 2. The first-order valence-electron chi connectivity index (χ1n) is 6.05. The summed E-state index contributed by atoms with van der Waals surface area (Å²) >= 11 is 0. The van der Waals surface area contributed by atoms with Crippen molar-refractivity contribution in [3.63, 3.8) is 0 Å². The maximum atomic E-state index is 12.4. The molecular formula is C16H11F3O2. The van der Waals surface area contributed by atoms with E-state index in [1.807, 2.05) is 0 Å². The topological polar surface area (TPSA) is 37.3 Å². The van der Waals surface area contributed by atoms with Crippen LogP contribution >= 0.6 is 0 Å². The van der Waals surface area contributed by atoms with Gasteiger partial charge in [-0.3, -0.25) is 4.79 Å². The van der Waals surface area contributed by atoms with Crippen LogP contribution in [0.2, 0.25) is 0 Å². The lowest BCUT2D eigenvalue weighted by molar-refractivity contribution is -0.137. The molecule has 0 atom stereocenters. The van der Waals surface area contributed by atoms with E-state index >= 15 is 0 Å². The van der Waals surface area contributed by atoms with Gasteiger partial charge < -0.3 is 5.11 Å². The first-order valence-corrected chi connectivity index (χ1v) is 6.05. The standard InChI is InChI=1S/C16H11F3O2/c17-16(18,19)13-7-5-12(6-8-13)15(21)9-4-11-2-1-3-14(20)10-11/h1-10,20H. The van der Waals surface area contributed by atoms with Crippen molar-refractivity contribution in [2.24, 2.45) is 0 Å². The normalized spacial score (nSPS) is 11.8. The highest BCUT2D eigenvalue weighted by Gasteiger charge is 2.30. The van der Waals surface area contributed by atoms with E-state index < -0.39 is 17.5 Å². The minimum absolute atomic E-state index is 0.0686. The van der Waals surface area contributed by atoms with Crippen LogP contribution in [0.4, 0.5) is 13.2 Å². The smallest absolute Gasteiger partial charge is 0.416 e. The molecule has 2 rings (SSSR count). The van der Waals surface area contributed by atoms with Crippen molar-refractivity contribution < 1.29 is 23.1 Å². The number of allylic oxidation sites excluding steroid dienone is 1. The van der Waals surface area contributed by atoms with Crippen LogP contribution in [0.5, 0.6) is 5.75 Å². The highest BCUT2D eigenvalue weighted by atomic mass is 19.4. The molecule has 2 nitrogen and oxygen atoms in total. The van der Waals surface area contributed by atoms with Crippen LogP contribution in [0.15, 0.2) is 54.6 Å². The Bertz CT molecular complexity index is 671. The molecule has 0 amide bonds. The van der Waals surface area contributed by atoms with Gasteiger partial charge in [0.2, 0.25) is 0 Å². The van der Waals surface area contributed by atoms with Crippen LogP contribution in [-0.2, 0) is 6.18 Å². The molecule has 0 saturated heterocycles. The number of aromatic hydroxyl groups is 1. The lowest BCUT2D eigenvalue weighted by Crippen LogP contribution is -2.05. The van der Waals surface area contributed by atoms with Gasteiger partial charge in [-0.1, -0.05) is 30.3 Å². The quantitative estimate of drug-likeness (QED) is 0.676. The van der Waals surface area contributed by atoms with E-state index in [0.717, 1.165) is 24.3 Å². The molecule has 0 aliphatic heterocycles. The number of hydrogen-bond donors (Lipinski definition) is 1. The van der Waals surface area contributed by atoms with Crippen molar-refractivity contribution in [3.05, 3.63) is 71.3 Å². The zero-order valence-electron chi connectivity index (χ0n) is 10.8. The highest BCUT2D eigenvalue weighted by Crippen LogP contribution is 2.29. The van der Waals surface area contributed by atoms with Crippen molar-refractivity contribution >= 4 is 11.9 Å². The minimum Gasteiger partial charge on any atom is -0.508 e. The second kappa shape index (κ2) is 5.83. The molecule has 0 saturated carbocycles. The van der Waals surface area contributed by atoms with Gasteiger partial charge in [-0.15, -0.1) is 0 Å². The largest absolute Gasteiger partial charge is 0.508 e. The predicted molar refractivity (Wildman–Crippen MR) is 72.9 cm³/mol. The third-order valence-corrected chi connectivity index (χ3v) is 2.79. The number of ketones is 1. The molecule has 108 valence electrons. The average Bonchev–Trinajstić information content (AvgIpc) is 2.44. The van der Waals surface area contributed by atoms with Gasteiger partial charge in [0, 0.05) is 5.56 Å². The number of halogens is 3. The summed E-state index contributed by atoms with van der Waals surface area (Å²) in [4.78, 5) is 11.8. The van der Waals surface area contributed by atoms with Gasteiger partial charge in [-0.2, -0.15) is 13.2 Å². The summed E-state index contributed by atoms with van der Waals surface area (Å²) in [5.41, 5.74) is -0.00863. The molecular weight excluding hydrogens is 281 g/mol. The van der Waals surface area contributed by atoms with Crippen molar-refractivity contribution in [2.75, 3.05) is 0 Å². The number of carbonyl (C=O) groups excluding carboxylic acids is 1. The monoisotopic (exact) mass is 292 g/mol. The van der Waals surface area contributed by atoms with E-state index in [4.69, 9.17) is 0 Å². The molecule has 0 heterocycles. The Morgan fingerprint density at radius 3 is 2.29 bits per heavy atom. The molecule has 0 radical (unpaired) electrons. The molecule has 2 aromatic carbocycles. The fourth-order valence-electron chi connectivity index (χ4n) is 1.72. The Hall–Kier alpha value is -2.56. The lowest BCUT2D eigenvalue weighted by atomic mass is 10.1. The number of hydrogen-bond acceptors (Lipinski definition) is 2. The van der Waals surface area contributed by atoms with Crippen LogP contribution < -0.4 is 0 Å². The maximum absolute atomic E-state index is 12.4. The molecule has 21 heavy (non-hydrogen) atoms. The minimum atomic E-state index is -4.42. The summed E-state index contributed by atoms with van der Waals surface area (Å²) < 4.78 is 37.2. The Labute approximate surface area is 119 Å². The molecule has 0 unspecified atom stereocenters. The zero-order chi connectivity index (χ0) is 15.5. The summed E-state index contributed by atoms with van der Waals surface area (Å²) in [5.74, 6) is -0.341. The van der Waals surface area contributed by atoms with Gasteiger partial charge >= 0.3 is 6.18 Å². The Morgan fingerprint density at radius 1 is 1.05 bits per heavy atom. The Kier molecular flexibility index (Phi) is 4.12. The van der Waals surface area contributed by atoms with Crippen LogP contribution in [0, 0.1) is 0 Å². The second-order valence-corrected chi connectivity index (χ2v) is 4.37. The molecule has 0 fully saturated rings. The highest BCUT2D eigenvalue weighted by molar-refractivity contribution is 6.06. The molecule has 0 aliphatic rings. The number of rotatable bonds is 3. The van der Waals surface area contributed by atoms with Crippen molar-refractivity contribution in [1.29, 1.82) is 0 Å². The van der Waals surface area contributed by atoms with E-state index in [9.17, 15) is 23.1 Å². The SMILES string of the molecule is O=C(C=Cc1cccc(O)c1)c1ccc(C(F)(F)F)cc1. The first-order chi connectivity index (χ1) is 9.86. The van der Waals surface area contributed by atoms with E-state index in [-0.39, 0.29) is 11.3 Å². The molecule has 5 heteroatoms. The molecule has 0 aromatic heterocycles. The molecule has 2 aromatic rings. The Balaban J connectivity index is 2.14. The van der Waals surface area contributed by atoms with Gasteiger partial charge in [0.25, 0.3) is 0 Å². The molecule has 0 bridgehead atoms. The third kappa shape index (κ3) is 3.95. The summed E-state index contributed by atoms with van der Waals surface area (Å²) in [6, 6.07) is 10.3. The number of phenolic OH excluding ortho intramolecular Hbond substituents is 1. The van der Waals surface area contributed by atoms with Crippen molar-refractivity contribution in [3.8, 4) is 5.75 Å². The van der Waals surface area contributed by atoms with Crippen LogP contribution in [0.3, 0.4) is 0 Å². The number of phenols is 1.